The molecule has 3 heterocycles. The van der Waals surface area contributed by atoms with Crippen molar-refractivity contribution in [3.8, 4) is 11.5 Å². The number of hydrogen-bond donors (Lipinski definition) is 1. The van der Waals surface area contributed by atoms with Gasteiger partial charge in [-0.15, -0.1) is 10.2 Å². The summed E-state index contributed by atoms with van der Waals surface area (Å²) in [6.45, 7) is 3.97. The molecule has 0 fully saturated rings. The molecule has 0 amide bonds. The Morgan fingerprint density at radius 3 is 3.04 bits per heavy atom. The number of rotatable bonds is 4. The van der Waals surface area contributed by atoms with Crippen molar-refractivity contribution in [1.82, 2.24) is 19.9 Å². The normalized spacial score (nSPS) is 15.1. The number of ether oxygens (including phenoxy) is 2. The molecule has 0 aliphatic carbocycles. The van der Waals surface area contributed by atoms with Crippen molar-refractivity contribution < 1.29 is 9.47 Å². The highest BCUT2D eigenvalue weighted by atomic mass is 35.5. The fourth-order valence-electron chi connectivity index (χ4n) is 2.90. The van der Waals surface area contributed by atoms with Crippen LogP contribution in [-0.2, 0) is 6.54 Å². The second-order valence-electron chi connectivity index (χ2n) is 6.05. The van der Waals surface area contributed by atoms with Gasteiger partial charge in [0.05, 0.1) is 24.3 Å². The molecule has 4 rings (SSSR count). The van der Waals surface area contributed by atoms with Gasteiger partial charge in [0.2, 0.25) is 0 Å². The number of halogens is 1. The molecule has 1 aliphatic heterocycles. The van der Waals surface area contributed by atoms with Gasteiger partial charge in [0.1, 0.15) is 0 Å². The standard InChI is InChI=1S/C18H19ClN4O2/c1-12(18-22-21-16-5-2-3-6-23(16)18)20-11-13-9-14(19)17-15(10-13)24-7-4-8-25-17/h2-3,5-6,9-10,12,20H,4,7-8,11H2,1H3. The van der Waals surface area contributed by atoms with Crippen LogP contribution < -0.4 is 14.8 Å². The Morgan fingerprint density at radius 1 is 1.24 bits per heavy atom. The summed E-state index contributed by atoms with van der Waals surface area (Å²) in [4.78, 5) is 0. The molecule has 1 aliphatic rings. The molecular weight excluding hydrogens is 340 g/mol. The molecule has 0 saturated carbocycles. The zero-order chi connectivity index (χ0) is 17.2. The van der Waals surface area contributed by atoms with E-state index in [2.05, 4.69) is 22.4 Å². The summed E-state index contributed by atoms with van der Waals surface area (Å²) >= 11 is 6.35. The molecule has 130 valence electrons. The van der Waals surface area contributed by atoms with E-state index in [9.17, 15) is 0 Å². The molecule has 1 atom stereocenters. The highest BCUT2D eigenvalue weighted by Gasteiger charge is 2.17. The van der Waals surface area contributed by atoms with Gasteiger partial charge >= 0.3 is 0 Å². The summed E-state index contributed by atoms with van der Waals surface area (Å²) in [5, 5.41) is 12.5. The number of nitrogens with one attached hydrogen (secondary N) is 1. The molecule has 1 N–H and O–H groups in total. The third-order valence-corrected chi connectivity index (χ3v) is 4.48. The lowest BCUT2D eigenvalue weighted by atomic mass is 10.2. The van der Waals surface area contributed by atoms with Gasteiger partial charge in [-0.3, -0.25) is 4.40 Å². The first-order chi connectivity index (χ1) is 12.2. The number of aromatic nitrogens is 3. The van der Waals surface area contributed by atoms with Crippen LogP contribution in [0.25, 0.3) is 5.65 Å². The third-order valence-electron chi connectivity index (χ3n) is 4.20. The van der Waals surface area contributed by atoms with Gasteiger partial charge in [-0.1, -0.05) is 17.7 Å². The fraction of sp³-hybridized carbons (Fsp3) is 0.333. The summed E-state index contributed by atoms with van der Waals surface area (Å²) in [6.07, 6.45) is 2.82. The Kier molecular flexibility index (Phi) is 4.46. The molecule has 3 aromatic rings. The lowest BCUT2D eigenvalue weighted by Crippen LogP contribution is -2.20. The maximum absolute atomic E-state index is 6.35. The van der Waals surface area contributed by atoms with Gasteiger partial charge in [-0.05, 0) is 36.8 Å². The smallest absolute Gasteiger partial charge is 0.179 e. The molecule has 7 heteroatoms. The number of hydrogen-bond acceptors (Lipinski definition) is 5. The minimum absolute atomic E-state index is 0.0344. The zero-order valence-electron chi connectivity index (χ0n) is 13.9. The Bertz CT molecular complexity index is 896. The average molecular weight is 359 g/mol. The molecule has 25 heavy (non-hydrogen) atoms. The van der Waals surface area contributed by atoms with Crippen molar-refractivity contribution in [2.24, 2.45) is 0 Å². The van der Waals surface area contributed by atoms with E-state index in [4.69, 9.17) is 21.1 Å². The van der Waals surface area contributed by atoms with Crippen LogP contribution in [0.3, 0.4) is 0 Å². The molecule has 6 nitrogen and oxygen atoms in total. The second-order valence-corrected chi connectivity index (χ2v) is 6.45. The molecule has 2 aromatic heterocycles. The molecule has 0 bridgehead atoms. The summed E-state index contributed by atoms with van der Waals surface area (Å²) in [7, 11) is 0. The molecule has 0 saturated heterocycles. The average Bonchev–Trinajstić information content (AvgIpc) is 2.90. The van der Waals surface area contributed by atoms with Gasteiger partial charge in [0.15, 0.2) is 23.0 Å². The van der Waals surface area contributed by atoms with Crippen LogP contribution in [0.5, 0.6) is 11.5 Å². The lowest BCUT2D eigenvalue weighted by Gasteiger charge is -2.15. The lowest BCUT2D eigenvalue weighted by molar-refractivity contribution is 0.297. The minimum Gasteiger partial charge on any atom is -0.489 e. The topological polar surface area (TPSA) is 60.7 Å². The first-order valence-corrected chi connectivity index (χ1v) is 8.71. The SMILES string of the molecule is CC(NCc1cc(Cl)c2c(c1)OCCCO2)c1nnc2ccccn12. The molecule has 1 aromatic carbocycles. The monoisotopic (exact) mass is 358 g/mol. The summed E-state index contributed by atoms with van der Waals surface area (Å²) < 4.78 is 13.4. The highest BCUT2D eigenvalue weighted by molar-refractivity contribution is 6.32. The van der Waals surface area contributed by atoms with Gasteiger partial charge in [0.25, 0.3) is 0 Å². The molecule has 0 radical (unpaired) electrons. The summed E-state index contributed by atoms with van der Waals surface area (Å²) in [5.74, 6) is 2.22. The largest absolute Gasteiger partial charge is 0.489 e. The Balaban J connectivity index is 1.51. The Hall–Kier alpha value is -2.31. The van der Waals surface area contributed by atoms with Gasteiger partial charge in [0, 0.05) is 19.2 Å². The number of benzene rings is 1. The minimum atomic E-state index is 0.0344. The predicted molar refractivity (Wildman–Crippen MR) is 95.3 cm³/mol. The van der Waals surface area contributed by atoms with E-state index in [1.807, 2.05) is 40.9 Å². The van der Waals surface area contributed by atoms with Crippen molar-refractivity contribution >= 4 is 17.2 Å². The van der Waals surface area contributed by atoms with E-state index in [-0.39, 0.29) is 6.04 Å². The van der Waals surface area contributed by atoms with Crippen molar-refractivity contribution in [1.29, 1.82) is 0 Å². The van der Waals surface area contributed by atoms with Crippen LogP contribution in [0, 0.1) is 0 Å². The Morgan fingerprint density at radius 2 is 2.12 bits per heavy atom. The van der Waals surface area contributed by atoms with E-state index >= 15 is 0 Å². The van der Waals surface area contributed by atoms with E-state index in [0.717, 1.165) is 23.5 Å². The van der Waals surface area contributed by atoms with E-state index < -0.39 is 0 Å². The van der Waals surface area contributed by atoms with Gasteiger partial charge in [-0.25, -0.2) is 0 Å². The second kappa shape index (κ2) is 6.90. The highest BCUT2D eigenvalue weighted by Crippen LogP contribution is 2.38. The van der Waals surface area contributed by atoms with E-state index in [1.54, 1.807) is 0 Å². The number of fused-ring (bicyclic) bond motifs is 2. The molecule has 1 unspecified atom stereocenters. The van der Waals surface area contributed by atoms with Crippen molar-refractivity contribution in [2.75, 3.05) is 13.2 Å². The van der Waals surface area contributed by atoms with Gasteiger partial charge < -0.3 is 14.8 Å². The Labute approximate surface area is 150 Å². The predicted octanol–water partition coefficient (Wildman–Crippen LogP) is 3.39. The maximum Gasteiger partial charge on any atom is 0.179 e. The fourth-order valence-corrected chi connectivity index (χ4v) is 3.19. The van der Waals surface area contributed by atoms with E-state index in [1.165, 1.54) is 0 Å². The zero-order valence-corrected chi connectivity index (χ0v) is 14.7. The van der Waals surface area contributed by atoms with Gasteiger partial charge in [-0.2, -0.15) is 0 Å². The van der Waals surface area contributed by atoms with Crippen molar-refractivity contribution in [3.05, 3.63) is 52.9 Å². The first kappa shape index (κ1) is 16.2. The van der Waals surface area contributed by atoms with Crippen LogP contribution in [0.4, 0.5) is 0 Å². The number of pyridine rings is 1. The van der Waals surface area contributed by atoms with Crippen LogP contribution in [0.15, 0.2) is 36.5 Å². The third kappa shape index (κ3) is 3.27. The van der Waals surface area contributed by atoms with E-state index in [0.29, 0.717) is 36.3 Å². The quantitative estimate of drug-likeness (QED) is 0.774. The first-order valence-electron chi connectivity index (χ1n) is 8.33. The maximum atomic E-state index is 6.35. The van der Waals surface area contributed by atoms with Crippen LogP contribution in [0.1, 0.15) is 30.8 Å². The molecular formula is C18H19ClN4O2. The van der Waals surface area contributed by atoms with Crippen molar-refractivity contribution in [3.63, 3.8) is 0 Å². The number of nitrogens with zero attached hydrogens (tertiary/aromatic N) is 3. The summed E-state index contributed by atoms with van der Waals surface area (Å²) in [6, 6.07) is 9.78. The summed E-state index contributed by atoms with van der Waals surface area (Å²) in [5.41, 5.74) is 1.87. The van der Waals surface area contributed by atoms with Crippen molar-refractivity contribution in [2.45, 2.75) is 25.9 Å². The van der Waals surface area contributed by atoms with Crippen LogP contribution >= 0.6 is 11.6 Å². The molecule has 0 spiro atoms. The van der Waals surface area contributed by atoms with Crippen LogP contribution in [-0.4, -0.2) is 27.8 Å². The van der Waals surface area contributed by atoms with Crippen LogP contribution in [0.2, 0.25) is 5.02 Å².